The smallest absolute Gasteiger partial charge is 0.339 e. The minimum Gasteiger partial charge on any atom is -0.412 e. The predicted octanol–water partition coefficient (Wildman–Crippen LogP) is -1.89. The van der Waals surface area contributed by atoms with E-state index in [0.717, 1.165) is 0 Å². The van der Waals surface area contributed by atoms with Crippen LogP contribution in [-0.4, -0.2) is 34.8 Å². The highest BCUT2D eigenvalue weighted by molar-refractivity contribution is 5.85. The maximum Gasteiger partial charge on any atom is 0.339 e. The first-order chi connectivity index (χ1) is 6.02. The third-order valence-electron chi connectivity index (χ3n) is 1.70. The van der Waals surface area contributed by atoms with Crippen LogP contribution in [-0.2, 0) is 19.4 Å². The number of rotatable bonds is 3. The van der Waals surface area contributed by atoms with Crippen LogP contribution in [0.5, 0.6) is 0 Å². The lowest BCUT2D eigenvalue weighted by Crippen LogP contribution is -2.63. The van der Waals surface area contributed by atoms with Crippen molar-refractivity contribution in [2.24, 2.45) is 5.92 Å². The number of aliphatic hydroxyl groups excluding tert-OH is 1. The molecule has 1 fully saturated rings. The molecule has 7 nitrogen and oxygen atoms in total. The van der Waals surface area contributed by atoms with E-state index in [1.807, 2.05) is 0 Å². The Kier molecular flexibility index (Phi) is 4.48. The van der Waals surface area contributed by atoms with Gasteiger partial charge in [-0.1, -0.05) is 0 Å². The largest absolute Gasteiger partial charge is 0.412 e. The Morgan fingerprint density at radius 3 is 2.57 bits per heavy atom. The van der Waals surface area contributed by atoms with Crippen molar-refractivity contribution >= 4 is 11.9 Å². The van der Waals surface area contributed by atoms with Gasteiger partial charge in [0.1, 0.15) is 5.92 Å². The summed E-state index contributed by atoms with van der Waals surface area (Å²) in [6.45, 7) is 2.64. The maximum atomic E-state index is 10.8. The van der Waals surface area contributed by atoms with Crippen molar-refractivity contribution in [3.63, 3.8) is 0 Å². The van der Waals surface area contributed by atoms with Crippen LogP contribution >= 0.6 is 0 Å². The number of hydrogen-bond donors (Lipinski definition) is 2. The van der Waals surface area contributed by atoms with Gasteiger partial charge < -0.3 is 15.9 Å². The summed E-state index contributed by atoms with van der Waals surface area (Å²) < 4.78 is 0. The first-order valence-corrected chi connectivity index (χ1v) is 3.84. The van der Waals surface area contributed by atoms with Crippen LogP contribution in [0.15, 0.2) is 0 Å². The highest BCUT2D eigenvalue weighted by atomic mass is 17.2. The van der Waals surface area contributed by atoms with E-state index in [2.05, 4.69) is 15.1 Å². The fourth-order valence-electron chi connectivity index (χ4n) is 1.04. The third-order valence-corrected chi connectivity index (χ3v) is 1.70. The Balaban J connectivity index is 0.00000169. The summed E-state index contributed by atoms with van der Waals surface area (Å²) in [4.78, 5) is 29.9. The molecule has 1 saturated heterocycles. The van der Waals surface area contributed by atoms with Gasteiger partial charge in [0.2, 0.25) is 5.91 Å². The first kappa shape index (κ1) is 12.8. The summed E-state index contributed by atoms with van der Waals surface area (Å²) in [5.74, 6) is -1.59. The molecule has 1 rings (SSSR count). The van der Waals surface area contributed by atoms with Gasteiger partial charge >= 0.3 is 5.97 Å². The van der Waals surface area contributed by atoms with Gasteiger partial charge in [0.25, 0.3) is 0 Å². The summed E-state index contributed by atoms with van der Waals surface area (Å²) in [5, 5.41) is 11.4. The van der Waals surface area contributed by atoms with E-state index in [0.29, 0.717) is 0 Å². The van der Waals surface area contributed by atoms with Crippen LogP contribution in [0.2, 0.25) is 0 Å². The second-order valence-electron chi connectivity index (χ2n) is 2.87. The maximum absolute atomic E-state index is 10.8. The van der Waals surface area contributed by atoms with Crippen molar-refractivity contribution in [1.29, 1.82) is 0 Å². The molecule has 0 aliphatic carbocycles. The average molecular weight is 207 g/mol. The zero-order chi connectivity index (χ0) is 10.0. The Hall–Kier alpha value is -1.18. The predicted molar refractivity (Wildman–Crippen MR) is 43.6 cm³/mol. The van der Waals surface area contributed by atoms with E-state index < -0.39 is 24.2 Å². The number of carbonyl (C=O) groups excluding carboxylic acids is 2. The second kappa shape index (κ2) is 4.89. The zero-order valence-corrected chi connectivity index (χ0v) is 7.81. The number of amides is 1. The molecule has 82 valence electrons. The second-order valence-corrected chi connectivity index (χ2v) is 2.87. The molecule has 0 bridgehead atoms. The van der Waals surface area contributed by atoms with Crippen LogP contribution < -0.4 is 5.32 Å². The van der Waals surface area contributed by atoms with Gasteiger partial charge in [-0.2, -0.15) is 4.89 Å². The lowest BCUT2D eigenvalue weighted by atomic mass is 9.94. The summed E-state index contributed by atoms with van der Waals surface area (Å²) in [7, 11) is 0. The normalized spacial score (nSPS) is 26.6. The molecule has 3 atom stereocenters. The molecule has 4 N–H and O–H groups in total. The van der Waals surface area contributed by atoms with Crippen molar-refractivity contribution in [3.8, 4) is 0 Å². The fraction of sp³-hybridized carbons (Fsp3) is 0.714. The summed E-state index contributed by atoms with van der Waals surface area (Å²) >= 11 is 0. The molecule has 0 unspecified atom stereocenters. The quantitative estimate of drug-likeness (QED) is 0.319. The van der Waals surface area contributed by atoms with E-state index >= 15 is 0 Å². The van der Waals surface area contributed by atoms with Crippen molar-refractivity contribution in [1.82, 2.24) is 5.32 Å². The summed E-state index contributed by atoms with van der Waals surface area (Å²) in [6, 6.07) is 0. The van der Waals surface area contributed by atoms with Crippen molar-refractivity contribution in [3.05, 3.63) is 0 Å². The Bertz CT molecular complexity index is 228. The van der Waals surface area contributed by atoms with Crippen LogP contribution in [0, 0.1) is 5.92 Å². The van der Waals surface area contributed by atoms with Gasteiger partial charge in [0.05, 0.1) is 6.10 Å². The number of aliphatic hydroxyl groups is 1. The molecular weight excluding hydrogens is 194 g/mol. The number of nitrogens with one attached hydrogen (secondary N) is 1. The van der Waals surface area contributed by atoms with Crippen molar-refractivity contribution < 1.29 is 29.9 Å². The molecule has 0 spiro atoms. The van der Waals surface area contributed by atoms with E-state index in [1.54, 1.807) is 0 Å². The van der Waals surface area contributed by atoms with Crippen molar-refractivity contribution in [2.75, 3.05) is 0 Å². The van der Waals surface area contributed by atoms with Crippen LogP contribution in [0.1, 0.15) is 13.8 Å². The van der Waals surface area contributed by atoms with Crippen molar-refractivity contribution in [2.45, 2.75) is 26.2 Å². The van der Waals surface area contributed by atoms with Crippen LogP contribution in [0.4, 0.5) is 0 Å². The zero-order valence-electron chi connectivity index (χ0n) is 7.81. The van der Waals surface area contributed by atoms with E-state index in [1.165, 1.54) is 13.8 Å². The van der Waals surface area contributed by atoms with E-state index in [-0.39, 0.29) is 11.4 Å². The van der Waals surface area contributed by atoms with Gasteiger partial charge in [0.15, 0.2) is 6.23 Å². The Labute approximate surface area is 80.2 Å². The average Bonchev–Trinajstić information content (AvgIpc) is 1.95. The van der Waals surface area contributed by atoms with E-state index in [9.17, 15) is 9.59 Å². The molecule has 1 aliphatic rings. The Morgan fingerprint density at radius 2 is 2.21 bits per heavy atom. The Morgan fingerprint density at radius 1 is 1.64 bits per heavy atom. The first-order valence-electron chi connectivity index (χ1n) is 3.84. The number of carbonyl (C=O) groups is 2. The lowest BCUT2D eigenvalue weighted by Gasteiger charge is -2.35. The van der Waals surface area contributed by atoms with Crippen LogP contribution in [0.25, 0.3) is 0 Å². The monoisotopic (exact) mass is 207 g/mol. The molecule has 0 radical (unpaired) electrons. The molecule has 0 saturated carbocycles. The molecule has 1 aliphatic heterocycles. The molecular formula is C7H13NO6. The third kappa shape index (κ3) is 2.66. The van der Waals surface area contributed by atoms with Gasteiger partial charge in [0, 0.05) is 6.92 Å². The van der Waals surface area contributed by atoms with Gasteiger partial charge in [-0.3, -0.25) is 9.68 Å². The summed E-state index contributed by atoms with van der Waals surface area (Å²) in [6.07, 6.45) is -1.56. The standard InChI is InChI=1S/C7H11NO5.H2O/c1-3(9)5-6(11)8-7(5)13-12-4(2)10;/h3,5,7,9H,1-2H3,(H,8,11);1H2/t3-,5+,7-;/m1./s1. The fourth-order valence-corrected chi connectivity index (χ4v) is 1.04. The van der Waals surface area contributed by atoms with Gasteiger partial charge in [-0.05, 0) is 6.92 Å². The highest BCUT2D eigenvalue weighted by Crippen LogP contribution is 2.20. The number of hydrogen-bond acceptors (Lipinski definition) is 5. The molecule has 0 aromatic rings. The lowest BCUT2D eigenvalue weighted by molar-refractivity contribution is -0.322. The number of β-lactam (4-membered cyclic amide) rings is 1. The highest BCUT2D eigenvalue weighted by Gasteiger charge is 2.45. The van der Waals surface area contributed by atoms with Gasteiger partial charge in [-0.25, -0.2) is 4.79 Å². The summed E-state index contributed by atoms with van der Waals surface area (Å²) in [5.41, 5.74) is 0. The molecule has 7 heteroatoms. The van der Waals surface area contributed by atoms with Crippen LogP contribution in [0.3, 0.4) is 0 Å². The van der Waals surface area contributed by atoms with E-state index in [4.69, 9.17) is 5.11 Å². The molecule has 14 heavy (non-hydrogen) atoms. The minimum atomic E-state index is -0.825. The SMILES string of the molecule is CC(=O)OO[C@H]1NC(=O)[C@@H]1[C@@H](C)O.O. The topological polar surface area (TPSA) is 116 Å². The molecule has 0 aromatic heterocycles. The minimum absolute atomic E-state index is 0. The molecule has 1 amide bonds. The van der Waals surface area contributed by atoms with Gasteiger partial charge in [-0.15, -0.1) is 0 Å². The molecule has 0 aromatic carbocycles. The molecule has 1 heterocycles.